The molecule has 0 spiro atoms. The van der Waals surface area contributed by atoms with Crippen LogP contribution in [0.3, 0.4) is 0 Å². The zero-order valence-electron chi connectivity index (χ0n) is 10.8. The van der Waals surface area contributed by atoms with Crippen LogP contribution in [0.1, 0.15) is 60.8 Å². The predicted molar refractivity (Wildman–Crippen MR) is 64.3 cm³/mol. The molecule has 0 radical (unpaired) electrons. The maximum absolute atomic E-state index is 2.40. The summed E-state index contributed by atoms with van der Waals surface area (Å²) in [5.41, 5.74) is 3.76. The summed E-state index contributed by atoms with van der Waals surface area (Å²) in [6, 6.07) is 0. The van der Waals surface area contributed by atoms with Crippen LogP contribution in [0.5, 0.6) is 0 Å². The molecule has 1 fully saturated rings. The Morgan fingerprint density at radius 1 is 1.21 bits per heavy atom. The SMILES string of the molecule is CC(C)=C1CCC(C)CC1C(C)(C)C. The van der Waals surface area contributed by atoms with Crippen molar-refractivity contribution in [2.45, 2.75) is 60.8 Å². The van der Waals surface area contributed by atoms with Crippen LogP contribution in [0.15, 0.2) is 11.1 Å². The fraction of sp³-hybridized carbons (Fsp3) is 0.857. The van der Waals surface area contributed by atoms with E-state index in [0.29, 0.717) is 5.41 Å². The normalized spacial score (nSPS) is 29.1. The Morgan fingerprint density at radius 2 is 1.79 bits per heavy atom. The Hall–Kier alpha value is -0.260. The van der Waals surface area contributed by atoms with Gasteiger partial charge in [-0.2, -0.15) is 0 Å². The topological polar surface area (TPSA) is 0 Å². The van der Waals surface area contributed by atoms with E-state index in [-0.39, 0.29) is 0 Å². The molecule has 2 atom stereocenters. The van der Waals surface area contributed by atoms with Crippen LogP contribution in [0.4, 0.5) is 0 Å². The van der Waals surface area contributed by atoms with Gasteiger partial charge in [-0.3, -0.25) is 0 Å². The first-order valence-corrected chi connectivity index (χ1v) is 5.98. The first kappa shape index (κ1) is 11.8. The van der Waals surface area contributed by atoms with E-state index in [2.05, 4.69) is 41.5 Å². The number of rotatable bonds is 0. The molecular weight excluding hydrogens is 168 g/mol. The van der Waals surface area contributed by atoms with Crippen LogP contribution in [-0.4, -0.2) is 0 Å². The van der Waals surface area contributed by atoms with Gasteiger partial charge in [0, 0.05) is 0 Å². The zero-order valence-corrected chi connectivity index (χ0v) is 10.8. The fourth-order valence-corrected chi connectivity index (χ4v) is 2.71. The highest BCUT2D eigenvalue weighted by molar-refractivity contribution is 5.18. The summed E-state index contributed by atoms with van der Waals surface area (Å²) in [5, 5.41) is 0. The summed E-state index contributed by atoms with van der Waals surface area (Å²) in [7, 11) is 0. The van der Waals surface area contributed by atoms with Gasteiger partial charge in [-0.05, 0) is 50.4 Å². The number of hydrogen-bond donors (Lipinski definition) is 0. The van der Waals surface area contributed by atoms with Crippen LogP contribution in [0.25, 0.3) is 0 Å². The Balaban J connectivity index is 2.91. The molecule has 1 aliphatic rings. The van der Waals surface area contributed by atoms with Gasteiger partial charge >= 0.3 is 0 Å². The van der Waals surface area contributed by atoms with E-state index in [4.69, 9.17) is 0 Å². The average molecular weight is 194 g/mol. The lowest BCUT2D eigenvalue weighted by molar-refractivity contribution is 0.200. The lowest BCUT2D eigenvalue weighted by atomic mass is 9.66. The minimum Gasteiger partial charge on any atom is -0.0769 e. The highest BCUT2D eigenvalue weighted by atomic mass is 14.4. The number of allylic oxidation sites excluding steroid dienone is 2. The Labute approximate surface area is 89.8 Å². The van der Waals surface area contributed by atoms with Gasteiger partial charge < -0.3 is 0 Å². The van der Waals surface area contributed by atoms with Crippen molar-refractivity contribution in [3.8, 4) is 0 Å². The predicted octanol–water partition coefficient (Wildman–Crippen LogP) is 4.81. The molecule has 82 valence electrons. The molecule has 14 heavy (non-hydrogen) atoms. The third-order valence-corrected chi connectivity index (χ3v) is 3.65. The molecule has 2 unspecified atom stereocenters. The lowest BCUT2D eigenvalue weighted by Crippen LogP contribution is -2.28. The van der Waals surface area contributed by atoms with Crippen molar-refractivity contribution in [1.82, 2.24) is 0 Å². The van der Waals surface area contributed by atoms with Gasteiger partial charge in [-0.15, -0.1) is 0 Å². The molecule has 1 aliphatic carbocycles. The zero-order chi connectivity index (χ0) is 10.9. The molecule has 0 saturated heterocycles. The molecule has 0 amide bonds. The Bertz CT molecular complexity index is 223. The van der Waals surface area contributed by atoms with Gasteiger partial charge in [0.25, 0.3) is 0 Å². The van der Waals surface area contributed by atoms with Crippen LogP contribution in [0, 0.1) is 17.3 Å². The van der Waals surface area contributed by atoms with Crippen molar-refractivity contribution in [2.24, 2.45) is 17.3 Å². The van der Waals surface area contributed by atoms with Gasteiger partial charge in [0.1, 0.15) is 0 Å². The van der Waals surface area contributed by atoms with E-state index in [1.54, 1.807) is 11.1 Å². The average Bonchev–Trinajstić information content (AvgIpc) is 2.01. The second-order valence-corrected chi connectivity index (χ2v) is 6.32. The third-order valence-electron chi connectivity index (χ3n) is 3.65. The van der Waals surface area contributed by atoms with Gasteiger partial charge in [-0.25, -0.2) is 0 Å². The van der Waals surface area contributed by atoms with E-state index in [1.165, 1.54) is 19.3 Å². The van der Waals surface area contributed by atoms with E-state index >= 15 is 0 Å². The van der Waals surface area contributed by atoms with Gasteiger partial charge in [0.15, 0.2) is 0 Å². The van der Waals surface area contributed by atoms with Crippen molar-refractivity contribution in [1.29, 1.82) is 0 Å². The highest BCUT2D eigenvalue weighted by Crippen LogP contribution is 2.44. The van der Waals surface area contributed by atoms with Gasteiger partial charge in [0.05, 0.1) is 0 Å². The smallest absolute Gasteiger partial charge is 0.0149 e. The Morgan fingerprint density at radius 3 is 2.21 bits per heavy atom. The van der Waals surface area contributed by atoms with Gasteiger partial charge in [0.2, 0.25) is 0 Å². The maximum Gasteiger partial charge on any atom is -0.0149 e. The van der Waals surface area contributed by atoms with Crippen molar-refractivity contribution < 1.29 is 0 Å². The summed E-state index contributed by atoms with van der Waals surface area (Å²) in [4.78, 5) is 0. The summed E-state index contributed by atoms with van der Waals surface area (Å²) < 4.78 is 0. The van der Waals surface area contributed by atoms with Crippen LogP contribution in [-0.2, 0) is 0 Å². The van der Waals surface area contributed by atoms with E-state index in [9.17, 15) is 0 Å². The monoisotopic (exact) mass is 194 g/mol. The molecular formula is C14H26. The first-order valence-electron chi connectivity index (χ1n) is 5.98. The standard InChI is InChI=1S/C14H26/c1-10(2)12-8-7-11(3)9-13(12)14(4,5)6/h11,13H,7-9H2,1-6H3. The van der Waals surface area contributed by atoms with Crippen LogP contribution < -0.4 is 0 Å². The summed E-state index contributed by atoms with van der Waals surface area (Å²) in [6.45, 7) is 14.1. The molecule has 0 aliphatic heterocycles. The maximum atomic E-state index is 2.40. The molecule has 0 aromatic rings. The second-order valence-electron chi connectivity index (χ2n) is 6.32. The van der Waals surface area contributed by atoms with Crippen molar-refractivity contribution >= 4 is 0 Å². The molecule has 0 bridgehead atoms. The molecule has 0 heteroatoms. The molecule has 0 nitrogen and oxygen atoms in total. The fourth-order valence-electron chi connectivity index (χ4n) is 2.71. The molecule has 1 saturated carbocycles. The van der Waals surface area contributed by atoms with Gasteiger partial charge in [-0.1, -0.05) is 38.8 Å². The van der Waals surface area contributed by atoms with Crippen molar-refractivity contribution in [2.75, 3.05) is 0 Å². The van der Waals surface area contributed by atoms with Crippen molar-refractivity contribution in [3.05, 3.63) is 11.1 Å². The van der Waals surface area contributed by atoms with Crippen LogP contribution >= 0.6 is 0 Å². The molecule has 0 aromatic heterocycles. The second kappa shape index (κ2) is 4.08. The summed E-state index contributed by atoms with van der Waals surface area (Å²) in [6.07, 6.45) is 4.13. The lowest BCUT2D eigenvalue weighted by Gasteiger charge is -2.39. The summed E-state index contributed by atoms with van der Waals surface area (Å²) in [5.74, 6) is 1.73. The molecule has 0 aromatic carbocycles. The molecule has 1 rings (SSSR count). The van der Waals surface area contributed by atoms with E-state index in [1.807, 2.05) is 0 Å². The minimum atomic E-state index is 0.446. The van der Waals surface area contributed by atoms with Crippen molar-refractivity contribution in [3.63, 3.8) is 0 Å². The summed E-state index contributed by atoms with van der Waals surface area (Å²) >= 11 is 0. The van der Waals surface area contributed by atoms with E-state index < -0.39 is 0 Å². The van der Waals surface area contributed by atoms with Crippen LogP contribution in [0.2, 0.25) is 0 Å². The van der Waals surface area contributed by atoms with E-state index in [0.717, 1.165) is 11.8 Å². The molecule has 0 N–H and O–H groups in total. The quantitative estimate of drug-likeness (QED) is 0.486. The number of hydrogen-bond acceptors (Lipinski definition) is 0. The highest BCUT2D eigenvalue weighted by Gasteiger charge is 2.32. The first-order chi connectivity index (χ1) is 6.32. The largest absolute Gasteiger partial charge is 0.0769 e. The third kappa shape index (κ3) is 2.62. The molecule has 0 heterocycles. The Kier molecular flexibility index (Phi) is 3.44. The minimum absolute atomic E-state index is 0.446.